The van der Waals surface area contributed by atoms with E-state index in [0.29, 0.717) is 40.4 Å². The van der Waals surface area contributed by atoms with Crippen LogP contribution in [0.4, 0.5) is 5.69 Å². The molecule has 0 bridgehead atoms. The number of rotatable bonds is 2. The summed E-state index contributed by atoms with van der Waals surface area (Å²) in [4.78, 5) is 28.7. The SMILES string of the molecule is COc1cccc2c1OC1=C(C(=O)c3ccccc3C1=O)N(c1ccc(C#N)cc1)C2. The van der Waals surface area contributed by atoms with E-state index in [1.165, 1.54) is 7.11 Å². The van der Waals surface area contributed by atoms with Crippen molar-refractivity contribution in [2.45, 2.75) is 6.54 Å². The van der Waals surface area contributed by atoms with Crippen LogP contribution in [0, 0.1) is 11.3 Å². The number of ketones is 2. The van der Waals surface area contributed by atoms with E-state index in [-0.39, 0.29) is 23.0 Å². The van der Waals surface area contributed by atoms with Crippen LogP contribution in [0.15, 0.2) is 78.2 Å². The Morgan fingerprint density at radius 2 is 1.65 bits per heavy atom. The maximum absolute atomic E-state index is 13.5. The number of anilines is 1. The summed E-state index contributed by atoms with van der Waals surface area (Å²) in [6, 6.07) is 21.1. The molecule has 3 aromatic rings. The molecule has 6 heteroatoms. The van der Waals surface area contributed by atoms with E-state index in [2.05, 4.69) is 6.07 Å². The van der Waals surface area contributed by atoms with Crippen molar-refractivity contribution in [3.05, 3.63) is 100 Å². The molecule has 1 heterocycles. The van der Waals surface area contributed by atoms with Gasteiger partial charge in [0.15, 0.2) is 11.5 Å². The summed E-state index contributed by atoms with van der Waals surface area (Å²) < 4.78 is 11.6. The van der Waals surface area contributed by atoms with Crippen LogP contribution in [0.1, 0.15) is 31.8 Å². The van der Waals surface area contributed by atoms with E-state index in [1.54, 1.807) is 59.5 Å². The number of Topliss-reactive ketones (excluding diaryl/α,β-unsaturated/α-hetero) is 2. The number of hydrogen-bond acceptors (Lipinski definition) is 6. The maximum Gasteiger partial charge on any atom is 0.231 e. The van der Waals surface area contributed by atoms with Gasteiger partial charge in [0.1, 0.15) is 5.70 Å². The van der Waals surface area contributed by atoms with E-state index in [4.69, 9.17) is 14.7 Å². The number of nitrogens with zero attached hydrogens (tertiary/aromatic N) is 2. The summed E-state index contributed by atoms with van der Waals surface area (Å²) >= 11 is 0. The minimum absolute atomic E-state index is 0.0312. The summed E-state index contributed by atoms with van der Waals surface area (Å²) in [6.07, 6.45) is 0. The van der Waals surface area contributed by atoms with Gasteiger partial charge in [0.2, 0.25) is 17.3 Å². The van der Waals surface area contributed by atoms with Crippen molar-refractivity contribution in [1.29, 1.82) is 5.26 Å². The van der Waals surface area contributed by atoms with Gasteiger partial charge in [-0.25, -0.2) is 0 Å². The lowest BCUT2D eigenvalue weighted by atomic mass is 9.90. The monoisotopic (exact) mass is 408 g/mol. The molecule has 1 aliphatic heterocycles. The predicted molar refractivity (Wildman–Crippen MR) is 113 cm³/mol. The average Bonchev–Trinajstić information content (AvgIpc) is 3.00. The van der Waals surface area contributed by atoms with Gasteiger partial charge < -0.3 is 14.4 Å². The number of allylic oxidation sites excluding steroid dienone is 2. The molecule has 1 aliphatic carbocycles. The lowest BCUT2D eigenvalue weighted by Gasteiger charge is -2.28. The second-order valence-corrected chi connectivity index (χ2v) is 7.18. The summed E-state index contributed by atoms with van der Waals surface area (Å²) in [7, 11) is 1.53. The van der Waals surface area contributed by atoms with Gasteiger partial charge in [-0.15, -0.1) is 0 Å². The fourth-order valence-electron chi connectivity index (χ4n) is 3.93. The number of para-hydroxylation sites is 1. The van der Waals surface area contributed by atoms with Gasteiger partial charge in [0, 0.05) is 22.4 Å². The molecule has 5 rings (SSSR count). The quantitative estimate of drug-likeness (QED) is 0.631. The molecule has 0 N–H and O–H groups in total. The van der Waals surface area contributed by atoms with Crippen molar-refractivity contribution < 1.29 is 19.1 Å². The van der Waals surface area contributed by atoms with Crippen molar-refractivity contribution in [3.8, 4) is 17.6 Å². The van der Waals surface area contributed by atoms with E-state index < -0.39 is 0 Å². The maximum atomic E-state index is 13.5. The van der Waals surface area contributed by atoms with Crippen molar-refractivity contribution in [2.75, 3.05) is 12.0 Å². The van der Waals surface area contributed by atoms with Crippen LogP contribution in [0.5, 0.6) is 11.5 Å². The summed E-state index contributed by atoms with van der Waals surface area (Å²) in [6.45, 7) is 0.290. The Hall–Kier alpha value is -4.37. The number of fused-ring (bicyclic) bond motifs is 2. The van der Waals surface area contributed by atoms with Crippen molar-refractivity contribution in [3.63, 3.8) is 0 Å². The van der Waals surface area contributed by atoms with Crippen LogP contribution in [-0.2, 0) is 6.54 Å². The van der Waals surface area contributed by atoms with Gasteiger partial charge in [-0.1, -0.05) is 36.4 Å². The lowest BCUT2D eigenvalue weighted by molar-refractivity contribution is 0.0935. The first kappa shape index (κ1) is 18.6. The smallest absolute Gasteiger partial charge is 0.231 e. The van der Waals surface area contributed by atoms with Crippen molar-refractivity contribution >= 4 is 17.3 Å². The zero-order chi connectivity index (χ0) is 21.5. The average molecular weight is 408 g/mol. The molecular formula is C25H16N2O4. The van der Waals surface area contributed by atoms with Gasteiger partial charge in [-0.05, 0) is 30.3 Å². The fourth-order valence-corrected chi connectivity index (χ4v) is 3.93. The third-order valence-electron chi connectivity index (χ3n) is 5.44. The second-order valence-electron chi connectivity index (χ2n) is 7.18. The standard InChI is InChI=1S/C25H16N2O4/c1-30-20-8-4-5-16-14-27(17-11-9-15(13-26)10-12-17)21-22(28)18-6-2-3-7-19(18)23(29)25(21)31-24(16)20/h2-12H,14H2,1H3. The molecule has 0 unspecified atom stereocenters. The molecule has 0 saturated carbocycles. The molecule has 0 amide bonds. The number of nitriles is 1. The highest BCUT2D eigenvalue weighted by atomic mass is 16.5. The van der Waals surface area contributed by atoms with E-state index >= 15 is 0 Å². The highest BCUT2D eigenvalue weighted by Gasteiger charge is 2.40. The largest absolute Gasteiger partial charge is 0.493 e. The lowest BCUT2D eigenvalue weighted by Crippen LogP contribution is -2.34. The highest BCUT2D eigenvalue weighted by Crippen LogP contribution is 2.42. The number of ether oxygens (including phenoxy) is 2. The van der Waals surface area contributed by atoms with Crippen LogP contribution in [0.25, 0.3) is 0 Å². The number of methoxy groups -OCH3 is 1. The third kappa shape index (κ3) is 2.87. The van der Waals surface area contributed by atoms with Gasteiger partial charge >= 0.3 is 0 Å². The zero-order valence-electron chi connectivity index (χ0n) is 16.6. The molecular weight excluding hydrogens is 392 g/mol. The molecule has 0 atom stereocenters. The van der Waals surface area contributed by atoms with E-state index in [1.807, 2.05) is 12.1 Å². The van der Waals surface area contributed by atoms with Crippen LogP contribution in [-0.4, -0.2) is 18.7 Å². The Kier molecular flexibility index (Phi) is 4.30. The van der Waals surface area contributed by atoms with Gasteiger partial charge in [0.05, 0.1) is 25.3 Å². The number of carbonyl (C=O) groups is 2. The third-order valence-corrected chi connectivity index (χ3v) is 5.44. The highest BCUT2D eigenvalue weighted by molar-refractivity contribution is 6.27. The Balaban J connectivity index is 1.76. The van der Waals surface area contributed by atoms with E-state index in [9.17, 15) is 9.59 Å². The first-order chi connectivity index (χ1) is 15.1. The molecule has 150 valence electrons. The molecule has 0 aromatic heterocycles. The summed E-state index contributed by atoms with van der Waals surface area (Å²) in [5.74, 6) is 0.208. The predicted octanol–water partition coefficient (Wildman–Crippen LogP) is 4.26. The minimum atomic E-state index is -0.359. The zero-order valence-corrected chi connectivity index (χ0v) is 16.6. The Morgan fingerprint density at radius 3 is 2.32 bits per heavy atom. The van der Waals surface area contributed by atoms with Crippen molar-refractivity contribution in [1.82, 2.24) is 0 Å². The van der Waals surface area contributed by atoms with Gasteiger partial charge in [-0.2, -0.15) is 5.26 Å². The normalized spacial score (nSPS) is 14.6. The molecule has 31 heavy (non-hydrogen) atoms. The molecule has 0 saturated heterocycles. The van der Waals surface area contributed by atoms with Gasteiger partial charge in [-0.3, -0.25) is 9.59 Å². The van der Waals surface area contributed by atoms with Crippen LogP contribution < -0.4 is 14.4 Å². The Morgan fingerprint density at radius 1 is 0.935 bits per heavy atom. The van der Waals surface area contributed by atoms with Crippen LogP contribution in [0.2, 0.25) is 0 Å². The molecule has 6 nitrogen and oxygen atoms in total. The molecule has 0 fully saturated rings. The van der Waals surface area contributed by atoms with Crippen LogP contribution >= 0.6 is 0 Å². The Labute approximate surface area is 178 Å². The Bertz CT molecular complexity index is 1320. The molecule has 0 spiro atoms. The minimum Gasteiger partial charge on any atom is -0.493 e. The van der Waals surface area contributed by atoms with Crippen molar-refractivity contribution in [2.24, 2.45) is 0 Å². The topological polar surface area (TPSA) is 79.6 Å². The number of hydrogen-bond donors (Lipinski definition) is 0. The second kappa shape index (κ2) is 7.15. The first-order valence-corrected chi connectivity index (χ1v) is 9.66. The number of benzene rings is 3. The summed E-state index contributed by atoms with van der Waals surface area (Å²) in [5.41, 5.74) is 2.76. The molecule has 0 radical (unpaired) electrons. The first-order valence-electron chi connectivity index (χ1n) is 9.66. The van der Waals surface area contributed by atoms with E-state index in [0.717, 1.165) is 5.56 Å². The number of carbonyl (C=O) groups excluding carboxylic acids is 2. The summed E-state index contributed by atoms with van der Waals surface area (Å²) in [5, 5.41) is 9.14. The van der Waals surface area contributed by atoms with Crippen LogP contribution in [0.3, 0.4) is 0 Å². The molecule has 3 aromatic carbocycles. The fraction of sp³-hybridized carbons (Fsp3) is 0.0800. The van der Waals surface area contributed by atoms with Gasteiger partial charge in [0.25, 0.3) is 0 Å². The molecule has 2 aliphatic rings.